The monoisotopic (exact) mass is 280 g/mol. The molecular formula is C11H9ClN4OS. The molecule has 0 atom stereocenters. The van der Waals surface area contributed by atoms with Crippen molar-refractivity contribution in [2.75, 3.05) is 5.73 Å². The molecule has 92 valence electrons. The lowest BCUT2D eigenvalue weighted by Gasteiger charge is -1.97. The second kappa shape index (κ2) is 5.61. The van der Waals surface area contributed by atoms with Crippen molar-refractivity contribution in [2.24, 2.45) is 5.10 Å². The van der Waals surface area contributed by atoms with E-state index in [-0.39, 0.29) is 5.69 Å². The Hall–Kier alpha value is -1.92. The van der Waals surface area contributed by atoms with Crippen LogP contribution in [0, 0.1) is 0 Å². The van der Waals surface area contributed by atoms with Crippen LogP contribution in [0.1, 0.15) is 16.1 Å². The maximum atomic E-state index is 11.6. The molecule has 7 heteroatoms. The number of nitrogens with one attached hydrogen (secondary N) is 1. The van der Waals surface area contributed by atoms with Crippen molar-refractivity contribution in [3.63, 3.8) is 0 Å². The molecule has 5 nitrogen and oxygen atoms in total. The first-order valence-electron chi connectivity index (χ1n) is 4.96. The third-order valence-electron chi connectivity index (χ3n) is 2.03. The summed E-state index contributed by atoms with van der Waals surface area (Å²) in [5.74, 6) is -0.411. The van der Waals surface area contributed by atoms with Crippen molar-refractivity contribution in [1.29, 1.82) is 0 Å². The zero-order valence-electron chi connectivity index (χ0n) is 9.13. The summed E-state index contributed by atoms with van der Waals surface area (Å²) in [6.45, 7) is 0. The van der Waals surface area contributed by atoms with E-state index in [4.69, 9.17) is 17.3 Å². The number of rotatable bonds is 3. The third-order valence-corrected chi connectivity index (χ3v) is 3.05. The van der Waals surface area contributed by atoms with Crippen LogP contribution in [0.3, 0.4) is 0 Å². The van der Waals surface area contributed by atoms with Crippen LogP contribution in [0.15, 0.2) is 34.7 Å². The standard InChI is InChI=1S/C11H9ClN4OS/c12-8-4-2-1-3-7(8)5-14-16-10(17)9-6-18-11(13)15-9/h1-6H,(H2,13,15)(H,16,17)/b14-5+. The van der Waals surface area contributed by atoms with E-state index in [9.17, 15) is 4.79 Å². The number of nitrogens with zero attached hydrogens (tertiary/aromatic N) is 2. The smallest absolute Gasteiger partial charge is 0.290 e. The lowest BCUT2D eigenvalue weighted by Crippen LogP contribution is -2.18. The van der Waals surface area contributed by atoms with Crippen molar-refractivity contribution in [1.82, 2.24) is 10.4 Å². The van der Waals surface area contributed by atoms with E-state index in [1.165, 1.54) is 17.6 Å². The summed E-state index contributed by atoms with van der Waals surface area (Å²) >= 11 is 7.13. The minimum atomic E-state index is -0.411. The van der Waals surface area contributed by atoms with Gasteiger partial charge in [-0.2, -0.15) is 5.10 Å². The van der Waals surface area contributed by atoms with Gasteiger partial charge in [0.15, 0.2) is 5.13 Å². The number of carbonyl (C=O) groups is 1. The number of thiazole rings is 1. The van der Waals surface area contributed by atoms with Crippen molar-refractivity contribution >= 4 is 40.2 Å². The van der Waals surface area contributed by atoms with Gasteiger partial charge < -0.3 is 5.73 Å². The Balaban J connectivity index is 2.00. The van der Waals surface area contributed by atoms with Crippen LogP contribution < -0.4 is 11.2 Å². The zero-order chi connectivity index (χ0) is 13.0. The molecule has 2 aromatic rings. The third kappa shape index (κ3) is 3.06. The summed E-state index contributed by atoms with van der Waals surface area (Å²) in [6.07, 6.45) is 1.47. The first kappa shape index (κ1) is 12.5. The summed E-state index contributed by atoms with van der Waals surface area (Å²) in [5, 5.41) is 6.27. The number of carbonyl (C=O) groups excluding carboxylic acids is 1. The highest BCUT2D eigenvalue weighted by atomic mass is 35.5. The van der Waals surface area contributed by atoms with E-state index in [1.807, 2.05) is 12.1 Å². The Morgan fingerprint density at radius 3 is 2.94 bits per heavy atom. The highest BCUT2D eigenvalue weighted by molar-refractivity contribution is 7.13. The molecule has 0 saturated heterocycles. The molecule has 0 aliphatic rings. The normalized spacial score (nSPS) is 10.7. The quantitative estimate of drug-likeness (QED) is 0.668. The average molecular weight is 281 g/mol. The van der Waals surface area contributed by atoms with Gasteiger partial charge in [-0.3, -0.25) is 4.79 Å². The van der Waals surface area contributed by atoms with E-state index in [0.717, 1.165) is 5.56 Å². The first-order valence-corrected chi connectivity index (χ1v) is 6.21. The second-order valence-corrected chi connectivity index (χ2v) is 4.59. The fourth-order valence-corrected chi connectivity index (χ4v) is 1.92. The minimum Gasteiger partial charge on any atom is -0.375 e. The van der Waals surface area contributed by atoms with Gasteiger partial charge >= 0.3 is 0 Å². The Morgan fingerprint density at radius 2 is 2.28 bits per heavy atom. The molecule has 0 radical (unpaired) electrons. The van der Waals surface area contributed by atoms with Crippen LogP contribution in [0.4, 0.5) is 5.13 Å². The van der Waals surface area contributed by atoms with Gasteiger partial charge in [-0.1, -0.05) is 29.8 Å². The van der Waals surface area contributed by atoms with Gasteiger partial charge in [0.25, 0.3) is 5.91 Å². The van der Waals surface area contributed by atoms with E-state index in [0.29, 0.717) is 10.2 Å². The average Bonchev–Trinajstić information content (AvgIpc) is 2.78. The molecular weight excluding hydrogens is 272 g/mol. The lowest BCUT2D eigenvalue weighted by atomic mass is 10.2. The minimum absolute atomic E-state index is 0.244. The molecule has 0 fully saturated rings. The summed E-state index contributed by atoms with van der Waals surface area (Å²) in [7, 11) is 0. The summed E-state index contributed by atoms with van der Waals surface area (Å²) in [5.41, 5.74) is 8.74. The molecule has 0 aliphatic carbocycles. The topological polar surface area (TPSA) is 80.4 Å². The van der Waals surface area contributed by atoms with Gasteiger partial charge in [0, 0.05) is 16.0 Å². The molecule has 1 amide bonds. The Morgan fingerprint density at radius 1 is 1.50 bits per heavy atom. The van der Waals surface area contributed by atoms with E-state index < -0.39 is 5.91 Å². The van der Waals surface area contributed by atoms with E-state index >= 15 is 0 Å². The van der Waals surface area contributed by atoms with Crippen LogP contribution in [0.25, 0.3) is 0 Å². The van der Waals surface area contributed by atoms with Crippen LogP contribution in [-0.4, -0.2) is 17.1 Å². The van der Waals surface area contributed by atoms with Gasteiger partial charge in [-0.15, -0.1) is 11.3 Å². The molecule has 1 heterocycles. The van der Waals surface area contributed by atoms with Crippen molar-refractivity contribution in [3.05, 3.63) is 45.9 Å². The number of nitrogen functional groups attached to an aromatic ring is 1. The van der Waals surface area contributed by atoms with Crippen molar-refractivity contribution in [3.8, 4) is 0 Å². The second-order valence-electron chi connectivity index (χ2n) is 3.29. The summed E-state index contributed by atoms with van der Waals surface area (Å²) < 4.78 is 0. The first-order chi connectivity index (χ1) is 8.66. The fourth-order valence-electron chi connectivity index (χ4n) is 1.19. The molecule has 3 N–H and O–H groups in total. The number of halogens is 1. The SMILES string of the molecule is Nc1nc(C(=O)N/N=C/c2ccccc2Cl)cs1. The number of nitrogens with two attached hydrogens (primary N) is 1. The van der Waals surface area contributed by atoms with Crippen LogP contribution in [-0.2, 0) is 0 Å². The van der Waals surface area contributed by atoms with Crippen LogP contribution in [0.5, 0.6) is 0 Å². The van der Waals surface area contributed by atoms with Gasteiger partial charge in [0.2, 0.25) is 0 Å². The number of hydrogen-bond acceptors (Lipinski definition) is 5. The Labute approximate surface area is 112 Å². The number of hydrazone groups is 1. The number of anilines is 1. The Kier molecular flexibility index (Phi) is 3.91. The molecule has 1 aromatic heterocycles. The molecule has 0 spiro atoms. The maximum absolute atomic E-state index is 11.6. The molecule has 0 unspecified atom stereocenters. The lowest BCUT2D eigenvalue weighted by molar-refractivity contribution is 0.0951. The largest absolute Gasteiger partial charge is 0.375 e. The van der Waals surface area contributed by atoms with Gasteiger partial charge in [0.05, 0.1) is 6.21 Å². The highest BCUT2D eigenvalue weighted by Gasteiger charge is 2.07. The number of amides is 1. The summed E-state index contributed by atoms with van der Waals surface area (Å²) in [4.78, 5) is 15.4. The van der Waals surface area contributed by atoms with Gasteiger partial charge in [0.1, 0.15) is 5.69 Å². The van der Waals surface area contributed by atoms with E-state index in [1.54, 1.807) is 17.5 Å². The number of benzene rings is 1. The number of hydrogen-bond donors (Lipinski definition) is 2. The molecule has 0 saturated carbocycles. The van der Waals surface area contributed by atoms with Gasteiger partial charge in [-0.05, 0) is 6.07 Å². The highest BCUT2D eigenvalue weighted by Crippen LogP contribution is 2.12. The fraction of sp³-hybridized carbons (Fsp3) is 0. The van der Waals surface area contributed by atoms with E-state index in [2.05, 4.69) is 15.5 Å². The molecule has 18 heavy (non-hydrogen) atoms. The van der Waals surface area contributed by atoms with Gasteiger partial charge in [-0.25, -0.2) is 10.4 Å². The van der Waals surface area contributed by atoms with Crippen molar-refractivity contribution < 1.29 is 4.79 Å². The molecule has 0 aliphatic heterocycles. The number of aromatic nitrogens is 1. The van der Waals surface area contributed by atoms with Crippen LogP contribution in [0.2, 0.25) is 5.02 Å². The predicted octanol–water partition coefficient (Wildman–Crippen LogP) is 2.14. The summed E-state index contributed by atoms with van der Waals surface area (Å²) in [6, 6.07) is 7.18. The molecule has 2 rings (SSSR count). The zero-order valence-corrected chi connectivity index (χ0v) is 10.7. The predicted molar refractivity (Wildman–Crippen MR) is 73.0 cm³/mol. The Bertz CT molecular complexity index is 596. The maximum Gasteiger partial charge on any atom is 0.290 e. The van der Waals surface area contributed by atoms with Crippen LogP contribution >= 0.6 is 22.9 Å². The molecule has 0 bridgehead atoms. The molecule has 1 aromatic carbocycles. The van der Waals surface area contributed by atoms with Crippen molar-refractivity contribution in [2.45, 2.75) is 0 Å².